The van der Waals surface area contributed by atoms with Gasteiger partial charge in [-0.15, -0.1) is 0 Å². The van der Waals surface area contributed by atoms with Crippen LogP contribution in [0.25, 0.3) is 0 Å². The fourth-order valence-electron chi connectivity index (χ4n) is 1.81. The molecule has 0 radical (unpaired) electrons. The van der Waals surface area contributed by atoms with Gasteiger partial charge in [0.25, 0.3) is 0 Å². The van der Waals surface area contributed by atoms with Gasteiger partial charge in [0.15, 0.2) is 0 Å². The summed E-state index contributed by atoms with van der Waals surface area (Å²) in [6.07, 6.45) is -0.250. The number of nitrogens with one attached hydrogen (secondary N) is 1. The van der Waals surface area contributed by atoms with E-state index in [1.165, 1.54) is 0 Å². The molecule has 20 heavy (non-hydrogen) atoms. The van der Waals surface area contributed by atoms with Crippen LogP contribution in [0.3, 0.4) is 0 Å². The Kier molecular flexibility index (Phi) is 11.3. The molecule has 0 aliphatic rings. The van der Waals surface area contributed by atoms with Gasteiger partial charge in [-0.05, 0) is 33.9 Å². The zero-order chi connectivity index (χ0) is 15.5. The highest BCUT2D eigenvalue weighted by Gasteiger charge is 2.15. The number of likely N-dealkylation sites (N-methyl/N-ethyl adjacent to an activating group) is 1. The second-order valence-corrected chi connectivity index (χ2v) is 6.17. The predicted octanol–water partition coefficient (Wildman–Crippen LogP) is 0.965. The molecule has 0 heterocycles. The number of hydrogen-bond donors (Lipinski definition) is 2. The van der Waals surface area contributed by atoms with E-state index in [9.17, 15) is 5.11 Å². The third-order valence-corrected chi connectivity index (χ3v) is 2.97. The largest absolute Gasteiger partial charge is 0.389 e. The number of nitrogens with zero attached hydrogens (tertiary/aromatic N) is 1. The van der Waals surface area contributed by atoms with Crippen LogP contribution in [0.1, 0.15) is 27.7 Å². The molecule has 0 amide bonds. The highest BCUT2D eigenvalue weighted by Crippen LogP contribution is 2.02. The van der Waals surface area contributed by atoms with Gasteiger partial charge in [-0.25, -0.2) is 0 Å². The van der Waals surface area contributed by atoms with Crippen molar-refractivity contribution >= 4 is 0 Å². The molecule has 0 rings (SSSR count). The third kappa shape index (κ3) is 11.6. The topological polar surface area (TPSA) is 54.0 Å². The number of aliphatic hydroxyl groups excluding tert-OH is 1. The van der Waals surface area contributed by atoms with Gasteiger partial charge in [0, 0.05) is 19.1 Å². The van der Waals surface area contributed by atoms with Gasteiger partial charge in [0.1, 0.15) is 0 Å². The first-order valence-corrected chi connectivity index (χ1v) is 7.58. The van der Waals surface area contributed by atoms with Crippen molar-refractivity contribution in [1.82, 2.24) is 10.2 Å². The van der Waals surface area contributed by atoms with Crippen molar-refractivity contribution in [2.45, 2.75) is 45.9 Å². The molecule has 0 saturated heterocycles. The van der Waals surface area contributed by atoms with E-state index in [0.29, 0.717) is 38.3 Å². The van der Waals surface area contributed by atoms with Gasteiger partial charge < -0.3 is 24.8 Å². The predicted molar refractivity (Wildman–Crippen MR) is 83.1 cm³/mol. The van der Waals surface area contributed by atoms with Crippen molar-refractivity contribution in [3.05, 3.63) is 0 Å². The number of hydrogen-bond acceptors (Lipinski definition) is 5. The molecule has 2 unspecified atom stereocenters. The van der Waals surface area contributed by atoms with E-state index in [4.69, 9.17) is 9.47 Å². The summed E-state index contributed by atoms with van der Waals surface area (Å²) < 4.78 is 10.8. The minimum absolute atomic E-state index is 0.225. The standard InChI is InChI=1S/C15H34N2O3/c1-12(2)15(10-17(5)6)16-9-14(18)11-19-7-8-20-13(3)4/h12-16,18H,7-11H2,1-6H3. The maximum absolute atomic E-state index is 9.88. The maximum atomic E-state index is 9.88. The highest BCUT2D eigenvalue weighted by molar-refractivity contribution is 4.74. The Morgan fingerprint density at radius 1 is 1.10 bits per heavy atom. The molecule has 0 fully saturated rings. The molecule has 0 saturated carbocycles. The molecular formula is C15H34N2O3. The molecule has 0 aliphatic carbocycles. The first-order chi connectivity index (χ1) is 9.32. The zero-order valence-corrected chi connectivity index (χ0v) is 14.1. The SMILES string of the molecule is CC(C)OCCOCC(O)CNC(CN(C)C)C(C)C. The normalized spacial score (nSPS) is 15.3. The molecule has 122 valence electrons. The van der Waals surface area contributed by atoms with Gasteiger partial charge in [0.2, 0.25) is 0 Å². The fourth-order valence-corrected chi connectivity index (χ4v) is 1.81. The average molecular weight is 290 g/mol. The molecular weight excluding hydrogens is 256 g/mol. The molecule has 0 aromatic rings. The summed E-state index contributed by atoms with van der Waals surface area (Å²) in [6.45, 7) is 11.3. The Morgan fingerprint density at radius 3 is 2.25 bits per heavy atom. The highest BCUT2D eigenvalue weighted by atomic mass is 16.5. The summed E-state index contributed by atoms with van der Waals surface area (Å²) in [5.74, 6) is 0.532. The molecule has 2 N–H and O–H groups in total. The lowest BCUT2D eigenvalue weighted by molar-refractivity contribution is -0.0109. The van der Waals surface area contributed by atoms with E-state index >= 15 is 0 Å². The second-order valence-electron chi connectivity index (χ2n) is 6.17. The quantitative estimate of drug-likeness (QED) is 0.525. The van der Waals surface area contributed by atoms with Crippen LogP contribution in [0.5, 0.6) is 0 Å². The van der Waals surface area contributed by atoms with Gasteiger partial charge >= 0.3 is 0 Å². The van der Waals surface area contributed by atoms with Crippen molar-refractivity contribution in [2.24, 2.45) is 5.92 Å². The summed E-state index contributed by atoms with van der Waals surface area (Å²) >= 11 is 0. The van der Waals surface area contributed by atoms with Crippen LogP contribution in [0.15, 0.2) is 0 Å². The first kappa shape index (κ1) is 19.8. The summed E-state index contributed by atoms with van der Waals surface area (Å²) in [5.41, 5.74) is 0. The summed E-state index contributed by atoms with van der Waals surface area (Å²) in [4.78, 5) is 2.16. The molecule has 0 bridgehead atoms. The molecule has 0 spiro atoms. The molecule has 0 aromatic heterocycles. The average Bonchev–Trinajstić information content (AvgIpc) is 2.32. The van der Waals surface area contributed by atoms with Crippen molar-refractivity contribution in [3.63, 3.8) is 0 Å². The van der Waals surface area contributed by atoms with Crippen LogP contribution >= 0.6 is 0 Å². The van der Waals surface area contributed by atoms with E-state index in [-0.39, 0.29) is 6.10 Å². The van der Waals surface area contributed by atoms with Gasteiger partial charge in [0.05, 0.1) is 32.0 Å². The Labute approximate surface area is 124 Å². The van der Waals surface area contributed by atoms with Crippen LogP contribution in [-0.4, -0.2) is 75.3 Å². The Hall–Kier alpha value is -0.200. The van der Waals surface area contributed by atoms with Crippen LogP contribution in [0.2, 0.25) is 0 Å². The van der Waals surface area contributed by atoms with E-state index in [2.05, 4.69) is 38.2 Å². The summed E-state index contributed by atoms with van der Waals surface area (Å²) in [7, 11) is 4.12. The fraction of sp³-hybridized carbons (Fsp3) is 1.00. The molecule has 0 aliphatic heterocycles. The maximum Gasteiger partial charge on any atom is 0.0897 e. The Balaban J connectivity index is 3.71. The monoisotopic (exact) mass is 290 g/mol. The van der Waals surface area contributed by atoms with Gasteiger partial charge in [-0.3, -0.25) is 0 Å². The third-order valence-electron chi connectivity index (χ3n) is 2.97. The van der Waals surface area contributed by atoms with Crippen molar-refractivity contribution < 1.29 is 14.6 Å². The second kappa shape index (κ2) is 11.5. The van der Waals surface area contributed by atoms with E-state index in [0.717, 1.165) is 6.54 Å². The Bertz CT molecular complexity index is 223. The summed E-state index contributed by atoms with van der Waals surface area (Å²) in [6, 6.07) is 0.379. The minimum atomic E-state index is -0.475. The first-order valence-electron chi connectivity index (χ1n) is 7.58. The lowest BCUT2D eigenvalue weighted by atomic mass is 10.0. The van der Waals surface area contributed by atoms with Crippen molar-refractivity contribution in [1.29, 1.82) is 0 Å². The zero-order valence-electron chi connectivity index (χ0n) is 14.1. The minimum Gasteiger partial charge on any atom is -0.389 e. The van der Waals surface area contributed by atoms with E-state index in [1.807, 2.05) is 13.8 Å². The lowest BCUT2D eigenvalue weighted by Gasteiger charge is -2.26. The number of aliphatic hydroxyl groups is 1. The lowest BCUT2D eigenvalue weighted by Crippen LogP contribution is -2.45. The van der Waals surface area contributed by atoms with Crippen LogP contribution in [0.4, 0.5) is 0 Å². The van der Waals surface area contributed by atoms with Gasteiger partial charge in [-0.2, -0.15) is 0 Å². The van der Waals surface area contributed by atoms with Crippen LogP contribution in [0, 0.1) is 5.92 Å². The van der Waals surface area contributed by atoms with Crippen molar-refractivity contribution in [2.75, 3.05) is 47.0 Å². The molecule has 0 aromatic carbocycles. The van der Waals surface area contributed by atoms with Crippen LogP contribution < -0.4 is 5.32 Å². The van der Waals surface area contributed by atoms with E-state index in [1.54, 1.807) is 0 Å². The Morgan fingerprint density at radius 2 is 1.75 bits per heavy atom. The number of rotatable bonds is 12. The van der Waals surface area contributed by atoms with Crippen molar-refractivity contribution in [3.8, 4) is 0 Å². The number of ether oxygens (including phenoxy) is 2. The summed E-state index contributed by atoms with van der Waals surface area (Å²) in [5, 5.41) is 13.3. The van der Waals surface area contributed by atoms with E-state index < -0.39 is 6.10 Å². The van der Waals surface area contributed by atoms with Gasteiger partial charge in [-0.1, -0.05) is 13.8 Å². The molecule has 2 atom stereocenters. The van der Waals surface area contributed by atoms with Crippen LogP contribution in [-0.2, 0) is 9.47 Å². The smallest absolute Gasteiger partial charge is 0.0897 e. The molecule has 5 nitrogen and oxygen atoms in total. The molecule has 5 heteroatoms.